The van der Waals surface area contributed by atoms with E-state index in [0.29, 0.717) is 6.42 Å². The van der Waals surface area contributed by atoms with Crippen LogP contribution in [0.5, 0.6) is 0 Å². The molecule has 2 aromatic rings. The number of nitrogens with zero attached hydrogens (tertiary/aromatic N) is 3. The quantitative estimate of drug-likeness (QED) is 0.572. The van der Waals surface area contributed by atoms with Crippen molar-refractivity contribution in [1.29, 1.82) is 0 Å². The highest BCUT2D eigenvalue weighted by atomic mass is 32.5. The van der Waals surface area contributed by atoms with Crippen LogP contribution in [0, 0.1) is 0 Å². The first-order valence-corrected chi connectivity index (χ1v) is 10.4. The summed E-state index contributed by atoms with van der Waals surface area (Å²) in [4.78, 5) is 32.6. The molecule has 1 aliphatic heterocycles. The van der Waals surface area contributed by atoms with Gasteiger partial charge in [-0.3, -0.25) is 18.9 Å². The van der Waals surface area contributed by atoms with Crippen LogP contribution in [0.4, 0.5) is 5.95 Å². The van der Waals surface area contributed by atoms with E-state index in [1.54, 1.807) is 4.57 Å². The van der Waals surface area contributed by atoms with Crippen LogP contribution in [0.1, 0.15) is 19.6 Å². The van der Waals surface area contributed by atoms with Crippen molar-refractivity contribution < 1.29 is 23.4 Å². The van der Waals surface area contributed by atoms with E-state index in [4.69, 9.17) is 36.1 Å². The molecular formula is C13H20N5O6PS. The Balaban J connectivity index is 2.03. The molecular weight excluding hydrogens is 385 g/mol. The van der Waals surface area contributed by atoms with Crippen LogP contribution < -0.4 is 11.3 Å². The van der Waals surface area contributed by atoms with Crippen molar-refractivity contribution in [3.63, 3.8) is 0 Å². The molecule has 3 heterocycles. The highest BCUT2D eigenvalue weighted by Crippen LogP contribution is 2.49. The third-order valence-corrected chi connectivity index (χ3v) is 5.85. The second kappa shape index (κ2) is 7.31. The highest BCUT2D eigenvalue weighted by molar-refractivity contribution is 8.07. The Morgan fingerprint density at radius 2 is 2.23 bits per heavy atom. The van der Waals surface area contributed by atoms with Gasteiger partial charge in [-0.25, -0.2) is 4.98 Å². The van der Waals surface area contributed by atoms with E-state index in [1.165, 1.54) is 20.5 Å². The first kappa shape index (κ1) is 19.4. The standard InChI is InChI=1S/C13H20N5O6PS/c1-4-6-8(24-25(20,26)22-3)9(21-2)12(23-6)18-5-15-7-10(18)16-13(14)17-11(7)19/h5-6,8-9,12H,4H2,1-3H3,(H,20,26)(H3,14,16,17,19)/t6-,8?,9?,12-,25?/m1/s1. The molecule has 11 nitrogen and oxygen atoms in total. The zero-order valence-electron chi connectivity index (χ0n) is 14.4. The van der Waals surface area contributed by atoms with E-state index in [9.17, 15) is 9.69 Å². The summed E-state index contributed by atoms with van der Waals surface area (Å²) in [6, 6.07) is 0. The molecule has 2 aromatic heterocycles. The molecule has 0 amide bonds. The Labute approximate surface area is 153 Å². The summed E-state index contributed by atoms with van der Waals surface area (Å²) in [5, 5.41) is 0. The number of rotatable bonds is 6. The van der Waals surface area contributed by atoms with Gasteiger partial charge in [0.1, 0.15) is 12.2 Å². The first-order valence-electron chi connectivity index (χ1n) is 7.78. The number of fused-ring (bicyclic) bond motifs is 1. The number of anilines is 1. The normalized spacial score (nSPS) is 28.5. The Bertz CT molecular complexity index is 903. The SMILES string of the molecule is CC[C@H]1O[C@@H](n2cnc3c(=O)[nH]c(N)nc32)C(OC)C1OP(O)(=S)OC. The number of ether oxygens (including phenoxy) is 2. The second-order valence-electron chi connectivity index (χ2n) is 5.67. The number of methoxy groups -OCH3 is 1. The molecule has 1 aliphatic rings. The summed E-state index contributed by atoms with van der Waals surface area (Å²) in [5.74, 6) is -0.0405. The third kappa shape index (κ3) is 3.41. The van der Waals surface area contributed by atoms with Gasteiger partial charge in [0.05, 0.1) is 12.4 Å². The smallest absolute Gasteiger partial charge is 0.324 e. The van der Waals surface area contributed by atoms with Gasteiger partial charge >= 0.3 is 6.72 Å². The minimum atomic E-state index is -3.43. The van der Waals surface area contributed by atoms with Gasteiger partial charge < -0.3 is 24.6 Å². The minimum absolute atomic E-state index is 0.0405. The number of imidazole rings is 1. The van der Waals surface area contributed by atoms with Crippen molar-refractivity contribution >= 4 is 35.6 Å². The van der Waals surface area contributed by atoms with E-state index < -0.39 is 36.8 Å². The largest absolute Gasteiger partial charge is 0.374 e. The van der Waals surface area contributed by atoms with Crippen molar-refractivity contribution in [1.82, 2.24) is 19.5 Å². The van der Waals surface area contributed by atoms with Gasteiger partial charge in [0, 0.05) is 14.2 Å². The lowest BCUT2D eigenvalue weighted by Crippen LogP contribution is -2.35. The summed E-state index contributed by atoms with van der Waals surface area (Å²) in [6.45, 7) is -1.53. The number of aromatic nitrogens is 4. The molecule has 0 aromatic carbocycles. The predicted molar refractivity (Wildman–Crippen MR) is 95.9 cm³/mol. The number of nitrogens with one attached hydrogen (secondary N) is 1. The molecule has 13 heteroatoms. The number of nitrogens with two attached hydrogens (primary N) is 1. The van der Waals surface area contributed by atoms with Crippen molar-refractivity contribution in [2.75, 3.05) is 20.0 Å². The fourth-order valence-corrected chi connectivity index (χ4v) is 3.91. The van der Waals surface area contributed by atoms with E-state index in [0.717, 1.165) is 0 Å². The van der Waals surface area contributed by atoms with E-state index in [2.05, 4.69) is 15.0 Å². The van der Waals surface area contributed by atoms with Gasteiger partial charge in [-0.2, -0.15) is 4.98 Å². The summed E-state index contributed by atoms with van der Waals surface area (Å²) in [6.07, 6.45) is -0.467. The van der Waals surface area contributed by atoms with Gasteiger partial charge in [0.15, 0.2) is 17.4 Å². The highest BCUT2D eigenvalue weighted by Gasteiger charge is 2.48. The number of aromatic amines is 1. The molecule has 3 unspecified atom stereocenters. The molecule has 0 aliphatic carbocycles. The maximum absolute atomic E-state index is 12.0. The minimum Gasteiger partial charge on any atom is -0.374 e. The lowest BCUT2D eigenvalue weighted by Gasteiger charge is -2.26. The maximum atomic E-state index is 12.0. The second-order valence-corrected chi connectivity index (χ2v) is 8.57. The molecule has 5 atom stereocenters. The topological polar surface area (TPSA) is 147 Å². The van der Waals surface area contributed by atoms with Gasteiger partial charge in [0.2, 0.25) is 5.95 Å². The van der Waals surface area contributed by atoms with Crippen LogP contribution in [-0.4, -0.2) is 56.9 Å². The number of nitrogen functional groups attached to an aromatic ring is 1. The average molecular weight is 405 g/mol. The van der Waals surface area contributed by atoms with Crippen LogP contribution >= 0.6 is 6.72 Å². The van der Waals surface area contributed by atoms with Gasteiger partial charge in [0.25, 0.3) is 5.56 Å². The van der Waals surface area contributed by atoms with Crippen LogP contribution in [0.2, 0.25) is 0 Å². The molecule has 0 bridgehead atoms. The predicted octanol–water partition coefficient (Wildman–Crippen LogP) is 0.273. The fourth-order valence-electron chi connectivity index (χ4n) is 2.96. The van der Waals surface area contributed by atoms with Crippen LogP contribution in [0.3, 0.4) is 0 Å². The van der Waals surface area contributed by atoms with Crippen molar-refractivity contribution in [3.8, 4) is 0 Å². The summed E-state index contributed by atoms with van der Waals surface area (Å²) >= 11 is 4.95. The average Bonchev–Trinajstić information content (AvgIpc) is 3.15. The molecule has 144 valence electrons. The molecule has 4 N–H and O–H groups in total. The molecule has 0 spiro atoms. The fraction of sp³-hybridized carbons (Fsp3) is 0.615. The van der Waals surface area contributed by atoms with Crippen LogP contribution in [0.15, 0.2) is 11.1 Å². The molecule has 3 rings (SSSR count). The number of hydrogen-bond donors (Lipinski definition) is 3. The Kier molecular flexibility index (Phi) is 5.45. The maximum Gasteiger partial charge on any atom is 0.324 e. The molecule has 26 heavy (non-hydrogen) atoms. The molecule has 1 fully saturated rings. The van der Waals surface area contributed by atoms with Gasteiger partial charge in [-0.1, -0.05) is 6.92 Å². The molecule has 1 saturated heterocycles. The first-order chi connectivity index (χ1) is 12.3. The summed E-state index contributed by atoms with van der Waals surface area (Å²) < 4.78 is 23.6. The lowest BCUT2D eigenvalue weighted by molar-refractivity contribution is -0.0494. The number of H-pyrrole nitrogens is 1. The Morgan fingerprint density at radius 1 is 1.50 bits per heavy atom. The third-order valence-electron chi connectivity index (χ3n) is 4.17. The monoisotopic (exact) mass is 405 g/mol. The van der Waals surface area contributed by atoms with Crippen molar-refractivity contribution in [2.24, 2.45) is 0 Å². The van der Waals surface area contributed by atoms with E-state index in [1.807, 2.05) is 6.92 Å². The van der Waals surface area contributed by atoms with Crippen LogP contribution in [-0.2, 0) is 30.3 Å². The summed E-state index contributed by atoms with van der Waals surface area (Å²) in [5.41, 5.74) is 5.56. The number of hydrogen-bond acceptors (Lipinski definition) is 9. The molecule has 0 saturated carbocycles. The van der Waals surface area contributed by atoms with E-state index in [-0.39, 0.29) is 17.1 Å². The zero-order valence-corrected chi connectivity index (χ0v) is 16.1. The lowest BCUT2D eigenvalue weighted by atomic mass is 10.1. The van der Waals surface area contributed by atoms with E-state index >= 15 is 0 Å². The van der Waals surface area contributed by atoms with Crippen molar-refractivity contribution in [3.05, 3.63) is 16.7 Å². The van der Waals surface area contributed by atoms with Crippen LogP contribution in [0.25, 0.3) is 11.2 Å². The molecule has 0 radical (unpaired) electrons. The Morgan fingerprint density at radius 3 is 2.85 bits per heavy atom. The van der Waals surface area contributed by atoms with Crippen molar-refractivity contribution in [2.45, 2.75) is 37.9 Å². The zero-order chi connectivity index (χ0) is 19.1. The Hall–Kier alpha value is -1.40. The van der Waals surface area contributed by atoms with Gasteiger partial charge in [-0.05, 0) is 18.2 Å². The summed E-state index contributed by atoms with van der Waals surface area (Å²) in [7, 11) is 2.76. The van der Waals surface area contributed by atoms with Gasteiger partial charge in [-0.15, -0.1) is 0 Å².